The van der Waals surface area contributed by atoms with Crippen LogP contribution in [0.1, 0.15) is 31.9 Å². The van der Waals surface area contributed by atoms with Crippen LogP contribution >= 0.6 is 0 Å². The minimum atomic E-state index is 0.559. The van der Waals surface area contributed by atoms with Crippen LogP contribution in [0.5, 0.6) is 0 Å². The topological polar surface area (TPSA) is 42.3 Å². The van der Waals surface area contributed by atoms with E-state index < -0.39 is 0 Å². The Hall–Kier alpha value is -1.07. The molecule has 0 aromatic carbocycles. The van der Waals surface area contributed by atoms with Crippen molar-refractivity contribution in [1.29, 1.82) is 0 Å². The summed E-state index contributed by atoms with van der Waals surface area (Å²) >= 11 is 0. The molecular weight excluding hydrogens is 252 g/mol. The molecule has 0 bridgehead atoms. The Kier molecular flexibility index (Phi) is 5.86. The average Bonchev–Trinajstić information content (AvgIpc) is 2.83. The normalized spacial score (nSPS) is 18.1. The third-order valence-electron chi connectivity index (χ3n) is 4.00. The van der Waals surface area contributed by atoms with Crippen LogP contribution in [0.3, 0.4) is 0 Å². The fraction of sp³-hybridized carbons (Fsp3) is 0.800. The van der Waals surface area contributed by atoms with Crippen LogP contribution in [0.15, 0.2) is 6.20 Å². The van der Waals surface area contributed by atoms with Crippen molar-refractivity contribution in [1.82, 2.24) is 14.5 Å². The summed E-state index contributed by atoms with van der Waals surface area (Å²) in [6.45, 7) is 9.31. The number of hydrogen-bond donors (Lipinski definition) is 1. The molecule has 1 aliphatic rings. The van der Waals surface area contributed by atoms with E-state index in [1.54, 1.807) is 7.11 Å². The molecule has 5 nitrogen and oxygen atoms in total. The van der Waals surface area contributed by atoms with Gasteiger partial charge in [0.25, 0.3) is 0 Å². The summed E-state index contributed by atoms with van der Waals surface area (Å²) in [6.07, 6.45) is 6.14. The minimum absolute atomic E-state index is 0.559. The predicted octanol–water partition coefficient (Wildman–Crippen LogP) is 2.12. The largest absolute Gasteiger partial charge is 0.383 e. The van der Waals surface area contributed by atoms with E-state index >= 15 is 0 Å². The molecule has 2 rings (SSSR count). The molecule has 1 saturated heterocycles. The van der Waals surface area contributed by atoms with Gasteiger partial charge in [0, 0.05) is 32.4 Å². The molecule has 1 unspecified atom stereocenters. The zero-order valence-corrected chi connectivity index (χ0v) is 13.1. The van der Waals surface area contributed by atoms with Crippen LogP contribution in [-0.2, 0) is 11.3 Å². The van der Waals surface area contributed by atoms with E-state index in [1.165, 1.54) is 32.4 Å². The summed E-state index contributed by atoms with van der Waals surface area (Å²) in [5.74, 6) is 0.961. The number of aryl methyl sites for hydroxylation is 1. The van der Waals surface area contributed by atoms with E-state index in [9.17, 15) is 0 Å². The number of piperidine rings is 1. The Morgan fingerprint density at radius 1 is 1.35 bits per heavy atom. The van der Waals surface area contributed by atoms with Crippen molar-refractivity contribution in [2.24, 2.45) is 0 Å². The van der Waals surface area contributed by atoms with Crippen molar-refractivity contribution in [3.63, 3.8) is 0 Å². The predicted molar refractivity (Wildman–Crippen MR) is 82.2 cm³/mol. The molecule has 0 radical (unpaired) electrons. The van der Waals surface area contributed by atoms with Crippen molar-refractivity contribution < 1.29 is 4.74 Å². The number of imidazole rings is 1. The fourth-order valence-corrected chi connectivity index (χ4v) is 2.78. The zero-order chi connectivity index (χ0) is 14.4. The number of nitrogens with zero attached hydrogens (tertiary/aromatic N) is 3. The molecule has 2 heterocycles. The van der Waals surface area contributed by atoms with Crippen molar-refractivity contribution in [2.75, 3.05) is 38.7 Å². The lowest BCUT2D eigenvalue weighted by Crippen LogP contribution is -2.41. The maximum absolute atomic E-state index is 5.15. The Morgan fingerprint density at radius 2 is 2.10 bits per heavy atom. The molecule has 0 spiro atoms. The maximum Gasteiger partial charge on any atom is 0.203 e. The molecule has 1 aromatic rings. The summed E-state index contributed by atoms with van der Waals surface area (Å²) in [7, 11) is 1.73. The van der Waals surface area contributed by atoms with E-state index in [4.69, 9.17) is 4.74 Å². The molecule has 20 heavy (non-hydrogen) atoms. The van der Waals surface area contributed by atoms with E-state index in [0.717, 1.165) is 24.7 Å². The van der Waals surface area contributed by atoms with Gasteiger partial charge in [-0.15, -0.1) is 0 Å². The Labute approximate surface area is 122 Å². The second-order valence-corrected chi connectivity index (χ2v) is 5.72. The first kappa shape index (κ1) is 15.3. The number of likely N-dealkylation sites (tertiary alicyclic amines) is 1. The van der Waals surface area contributed by atoms with Crippen LogP contribution in [0.25, 0.3) is 0 Å². The number of ether oxygens (including phenoxy) is 1. The molecule has 0 aliphatic carbocycles. The van der Waals surface area contributed by atoms with Gasteiger partial charge in [-0.2, -0.15) is 0 Å². The maximum atomic E-state index is 5.15. The van der Waals surface area contributed by atoms with Gasteiger partial charge in [-0.25, -0.2) is 4.98 Å². The average molecular weight is 280 g/mol. The third kappa shape index (κ3) is 4.21. The van der Waals surface area contributed by atoms with Crippen LogP contribution in [-0.4, -0.2) is 53.8 Å². The van der Waals surface area contributed by atoms with Crippen molar-refractivity contribution in [3.05, 3.63) is 11.9 Å². The number of nitrogens with one attached hydrogen (secondary N) is 1. The van der Waals surface area contributed by atoms with Gasteiger partial charge >= 0.3 is 0 Å². The van der Waals surface area contributed by atoms with Crippen LogP contribution in [0.4, 0.5) is 5.95 Å². The SMILES string of the molecule is COCCn1cc(C)nc1NCC(C)N1CCCCC1. The molecule has 0 saturated carbocycles. The molecule has 0 amide bonds. The number of aromatic nitrogens is 2. The number of hydrogen-bond acceptors (Lipinski definition) is 4. The summed E-state index contributed by atoms with van der Waals surface area (Å²) < 4.78 is 7.29. The van der Waals surface area contributed by atoms with E-state index in [2.05, 4.69) is 32.9 Å². The highest BCUT2D eigenvalue weighted by molar-refractivity contribution is 5.29. The summed E-state index contributed by atoms with van der Waals surface area (Å²) in [6, 6.07) is 0.559. The van der Waals surface area contributed by atoms with E-state index in [0.29, 0.717) is 12.6 Å². The van der Waals surface area contributed by atoms with Gasteiger partial charge in [-0.05, 0) is 39.8 Å². The van der Waals surface area contributed by atoms with Crippen LogP contribution in [0.2, 0.25) is 0 Å². The Balaban J connectivity index is 1.85. The summed E-state index contributed by atoms with van der Waals surface area (Å²) in [5, 5.41) is 3.49. The fourth-order valence-electron chi connectivity index (χ4n) is 2.78. The van der Waals surface area contributed by atoms with Gasteiger partial charge in [0.05, 0.1) is 12.3 Å². The molecule has 1 N–H and O–H groups in total. The first-order valence-corrected chi connectivity index (χ1v) is 7.71. The Bertz CT molecular complexity index is 399. The molecule has 114 valence electrons. The highest BCUT2D eigenvalue weighted by atomic mass is 16.5. The van der Waals surface area contributed by atoms with Crippen LogP contribution in [0, 0.1) is 6.92 Å². The van der Waals surface area contributed by atoms with Gasteiger partial charge in [-0.3, -0.25) is 4.90 Å². The van der Waals surface area contributed by atoms with Crippen molar-refractivity contribution >= 4 is 5.95 Å². The molecule has 1 aliphatic heterocycles. The lowest BCUT2D eigenvalue weighted by atomic mass is 10.1. The summed E-state index contributed by atoms with van der Waals surface area (Å²) in [4.78, 5) is 7.13. The van der Waals surface area contributed by atoms with Crippen LogP contribution < -0.4 is 5.32 Å². The lowest BCUT2D eigenvalue weighted by Gasteiger charge is -2.32. The quantitative estimate of drug-likeness (QED) is 0.831. The molecule has 1 aromatic heterocycles. The molecule has 5 heteroatoms. The standard InChI is InChI=1S/C15H28N4O/c1-13-12-19(9-10-20-3)15(17-13)16-11-14(2)18-7-5-4-6-8-18/h12,14H,4-11H2,1-3H3,(H,16,17). The number of rotatable bonds is 7. The minimum Gasteiger partial charge on any atom is -0.383 e. The van der Waals surface area contributed by atoms with Gasteiger partial charge in [0.1, 0.15) is 0 Å². The van der Waals surface area contributed by atoms with Gasteiger partial charge in [0.15, 0.2) is 0 Å². The Morgan fingerprint density at radius 3 is 2.80 bits per heavy atom. The zero-order valence-electron chi connectivity index (χ0n) is 13.1. The van der Waals surface area contributed by atoms with Gasteiger partial charge < -0.3 is 14.6 Å². The monoisotopic (exact) mass is 280 g/mol. The van der Waals surface area contributed by atoms with Gasteiger partial charge in [0.2, 0.25) is 5.95 Å². The van der Waals surface area contributed by atoms with Crippen molar-refractivity contribution in [2.45, 2.75) is 45.7 Å². The van der Waals surface area contributed by atoms with Gasteiger partial charge in [-0.1, -0.05) is 6.42 Å². The second kappa shape index (κ2) is 7.64. The summed E-state index contributed by atoms with van der Waals surface area (Å²) in [5.41, 5.74) is 1.05. The van der Waals surface area contributed by atoms with E-state index in [-0.39, 0.29) is 0 Å². The van der Waals surface area contributed by atoms with E-state index in [1.807, 2.05) is 6.92 Å². The lowest BCUT2D eigenvalue weighted by molar-refractivity contribution is 0.180. The first-order valence-electron chi connectivity index (χ1n) is 7.71. The number of anilines is 1. The second-order valence-electron chi connectivity index (χ2n) is 5.72. The number of methoxy groups -OCH3 is 1. The third-order valence-corrected chi connectivity index (χ3v) is 4.00. The molecule has 1 atom stereocenters. The molecule has 1 fully saturated rings. The highest BCUT2D eigenvalue weighted by Crippen LogP contribution is 2.13. The highest BCUT2D eigenvalue weighted by Gasteiger charge is 2.17. The molecular formula is C15H28N4O. The van der Waals surface area contributed by atoms with Crippen molar-refractivity contribution in [3.8, 4) is 0 Å². The first-order chi connectivity index (χ1) is 9.70. The smallest absolute Gasteiger partial charge is 0.203 e.